The Bertz CT molecular complexity index is 109. The summed E-state index contributed by atoms with van der Waals surface area (Å²) in [4.78, 5) is 0. The second kappa shape index (κ2) is 5.70. The Balaban J connectivity index is 3.93. The highest BCUT2D eigenvalue weighted by atomic mass is 35.5. The van der Waals surface area contributed by atoms with Crippen molar-refractivity contribution in [2.45, 2.75) is 0 Å². The van der Waals surface area contributed by atoms with Crippen molar-refractivity contribution >= 4 is 20.9 Å². The molecule has 6 heteroatoms. The third kappa shape index (κ3) is 3.32. The molecule has 0 unspecified atom stereocenters. The molecule has 0 bridgehead atoms. The summed E-state index contributed by atoms with van der Waals surface area (Å²) >= 11 is 5.11. The van der Waals surface area contributed by atoms with Crippen molar-refractivity contribution in [3.63, 3.8) is 0 Å². The molecule has 0 radical (unpaired) electrons. The van der Waals surface area contributed by atoms with Gasteiger partial charge >= 0.3 is 9.05 Å². The summed E-state index contributed by atoms with van der Waals surface area (Å²) in [6, 6.07) is 0. The van der Waals surface area contributed by atoms with Crippen LogP contribution < -0.4 is 0 Å². The summed E-state index contributed by atoms with van der Waals surface area (Å²) in [6.07, 6.45) is 1.55. The molecule has 0 aliphatic heterocycles. The lowest BCUT2D eigenvalue weighted by molar-refractivity contribution is 0.0440. The van der Waals surface area contributed by atoms with Crippen LogP contribution in [0.2, 0.25) is 0 Å². The molecule has 0 aromatic rings. The minimum atomic E-state index is -3.04. The van der Waals surface area contributed by atoms with Gasteiger partial charge in [-0.25, -0.2) is 3.98 Å². The quantitative estimate of drug-likeness (QED) is 0.473. The van der Waals surface area contributed by atoms with E-state index in [-0.39, 0.29) is 6.61 Å². The first kappa shape index (κ1) is 11.1. The first-order valence-corrected chi connectivity index (χ1v) is 4.83. The first-order valence-electron chi connectivity index (χ1n) is 2.89. The predicted molar refractivity (Wildman–Crippen MR) is 42.9 cm³/mol. The number of halogens is 1. The van der Waals surface area contributed by atoms with Crippen LogP contribution in [-0.4, -0.2) is 29.9 Å². The van der Waals surface area contributed by atoms with Gasteiger partial charge in [-0.15, -0.1) is 6.58 Å². The van der Waals surface area contributed by atoms with Gasteiger partial charge < -0.3 is 13.3 Å². The third-order valence-corrected chi connectivity index (χ3v) is 3.25. The van der Waals surface area contributed by atoms with E-state index in [1.165, 1.54) is 14.2 Å². The van der Waals surface area contributed by atoms with Gasteiger partial charge in [-0.05, 0) is 0 Å². The maximum atomic E-state index is 5.11. The van der Waals surface area contributed by atoms with E-state index in [0.717, 1.165) is 0 Å². The molecule has 0 amide bonds. The molecule has 0 atom stereocenters. The standard InChI is InChI=1S/C5H11ClO4Si/c1-4-5-9-11(7-2,8-3)10-6/h4H,1,5H2,2-3H3. The topological polar surface area (TPSA) is 36.9 Å². The van der Waals surface area contributed by atoms with Crippen LogP contribution >= 0.6 is 11.9 Å². The highest BCUT2D eigenvalue weighted by molar-refractivity contribution is 6.57. The minimum absolute atomic E-state index is 0.278. The Morgan fingerprint density at radius 2 is 2.00 bits per heavy atom. The zero-order valence-electron chi connectivity index (χ0n) is 6.50. The second-order valence-corrected chi connectivity index (χ2v) is 4.31. The van der Waals surface area contributed by atoms with E-state index in [4.69, 9.17) is 25.1 Å². The minimum Gasteiger partial charge on any atom is -0.354 e. The Morgan fingerprint density at radius 1 is 1.45 bits per heavy atom. The molecule has 0 saturated carbocycles. The smallest absolute Gasteiger partial charge is 0.354 e. The van der Waals surface area contributed by atoms with Gasteiger partial charge in [0.1, 0.15) is 0 Å². The fourth-order valence-corrected chi connectivity index (χ4v) is 1.85. The van der Waals surface area contributed by atoms with Crippen molar-refractivity contribution in [3.05, 3.63) is 12.7 Å². The largest absolute Gasteiger partial charge is 0.696 e. The van der Waals surface area contributed by atoms with E-state index < -0.39 is 9.05 Å². The maximum Gasteiger partial charge on any atom is 0.696 e. The molecule has 0 aromatic heterocycles. The van der Waals surface area contributed by atoms with E-state index >= 15 is 0 Å². The van der Waals surface area contributed by atoms with E-state index in [9.17, 15) is 0 Å². The van der Waals surface area contributed by atoms with Crippen molar-refractivity contribution in [3.8, 4) is 0 Å². The van der Waals surface area contributed by atoms with E-state index in [1.54, 1.807) is 6.08 Å². The zero-order valence-corrected chi connectivity index (χ0v) is 8.26. The molecule has 0 heterocycles. The summed E-state index contributed by atoms with van der Waals surface area (Å²) in [5, 5.41) is 0. The fraction of sp³-hybridized carbons (Fsp3) is 0.600. The second-order valence-electron chi connectivity index (χ2n) is 1.59. The molecule has 0 spiro atoms. The van der Waals surface area contributed by atoms with Crippen molar-refractivity contribution in [1.82, 2.24) is 0 Å². The van der Waals surface area contributed by atoms with E-state index in [0.29, 0.717) is 0 Å². The summed E-state index contributed by atoms with van der Waals surface area (Å²) < 4.78 is 19.1. The predicted octanol–water partition coefficient (Wildman–Crippen LogP) is 1.09. The molecular weight excluding hydrogens is 188 g/mol. The van der Waals surface area contributed by atoms with Crippen molar-refractivity contribution < 1.29 is 17.3 Å². The van der Waals surface area contributed by atoms with Crippen LogP contribution in [0.1, 0.15) is 0 Å². The molecule has 0 rings (SSSR count). The lowest BCUT2D eigenvalue weighted by atomic mass is 10.7. The van der Waals surface area contributed by atoms with Crippen molar-refractivity contribution in [2.75, 3.05) is 20.8 Å². The van der Waals surface area contributed by atoms with Gasteiger partial charge in [0, 0.05) is 14.2 Å². The monoisotopic (exact) mass is 198 g/mol. The van der Waals surface area contributed by atoms with Gasteiger partial charge in [0.2, 0.25) is 0 Å². The summed E-state index contributed by atoms with van der Waals surface area (Å²) in [7, 11) is -0.236. The molecule has 0 saturated heterocycles. The Morgan fingerprint density at radius 3 is 2.27 bits per heavy atom. The van der Waals surface area contributed by atoms with E-state index in [2.05, 4.69) is 10.6 Å². The SMILES string of the molecule is C=CCO[Si](OC)(OC)OCl. The Hall–Kier alpha value is 0.0869. The molecule has 0 aliphatic rings. The lowest BCUT2D eigenvalue weighted by Gasteiger charge is -2.19. The maximum absolute atomic E-state index is 5.11. The van der Waals surface area contributed by atoms with Crippen LogP contribution in [0.25, 0.3) is 0 Å². The highest BCUT2D eigenvalue weighted by Gasteiger charge is 2.43. The number of hydrogen-bond donors (Lipinski definition) is 0. The zero-order chi connectivity index (χ0) is 8.74. The molecule has 66 valence electrons. The molecule has 0 N–H and O–H groups in total. The van der Waals surface area contributed by atoms with Gasteiger partial charge in [0.25, 0.3) is 0 Å². The van der Waals surface area contributed by atoms with Gasteiger partial charge in [-0.3, -0.25) is 0 Å². The highest BCUT2D eigenvalue weighted by Crippen LogP contribution is 2.10. The van der Waals surface area contributed by atoms with Crippen LogP contribution in [0.3, 0.4) is 0 Å². The van der Waals surface area contributed by atoms with Gasteiger partial charge in [0.15, 0.2) is 0 Å². The Labute approximate surface area is 72.3 Å². The fourth-order valence-electron chi connectivity index (χ4n) is 0.447. The van der Waals surface area contributed by atoms with Crippen LogP contribution in [-0.2, 0) is 17.3 Å². The third-order valence-electron chi connectivity index (χ3n) is 0.972. The van der Waals surface area contributed by atoms with Gasteiger partial charge in [-0.1, -0.05) is 6.08 Å². The molecule has 4 nitrogen and oxygen atoms in total. The van der Waals surface area contributed by atoms with Gasteiger partial charge in [0.05, 0.1) is 18.5 Å². The average Bonchev–Trinajstić information content (AvgIpc) is 2.08. The Kier molecular flexibility index (Phi) is 5.75. The summed E-state index contributed by atoms with van der Waals surface area (Å²) in [5.74, 6) is 0. The van der Waals surface area contributed by atoms with E-state index in [1.807, 2.05) is 0 Å². The molecule has 11 heavy (non-hydrogen) atoms. The van der Waals surface area contributed by atoms with Gasteiger partial charge in [-0.2, -0.15) is 0 Å². The lowest BCUT2D eigenvalue weighted by Crippen LogP contribution is -2.45. The number of rotatable bonds is 6. The molecular formula is C5H11ClO4Si. The van der Waals surface area contributed by atoms with Crippen LogP contribution in [0.5, 0.6) is 0 Å². The van der Waals surface area contributed by atoms with Crippen LogP contribution in [0, 0.1) is 0 Å². The summed E-state index contributed by atoms with van der Waals surface area (Å²) in [5.41, 5.74) is 0. The molecule has 0 aromatic carbocycles. The number of hydrogen-bond acceptors (Lipinski definition) is 4. The van der Waals surface area contributed by atoms with Crippen molar-refractivity contribution in [2.24, 2.45) is 0 Å². The molecule has 0 fully saturated rings. The average molecular weight is 199 g/mol. The molecule has 0 aliphatic carbocycles. The van der Waals surface area contributed by atoms with Crippen LogP contribution in [0.15, 0.2) is 12.7 Å². The normalized spacial score (nSPS) is 11.5. The van der Waals surface area contributed by atoms with Crippen LogP contribution in [0.4, 0.5) is 0 Å². The van der Waals surface area contributed by atoms with Crippen molar-refractivity contribution in [1.29, 1.82) is 0 Å². The summed E-state index contributed by atoms with van der Waals surface area (Å²) in [6.45, 7) is 3.73. The first-order chi connectivity index (χ1) is 5.24.